The van der Waals surface area contributed by atoms with Crippen molar-refractivity contribution in [1.29, 1.82) is 5.41 Å². The molecule has 0 aliphatic heterocycles. The van der Waals surface area contributed by atoms with Gasteiger partial charge in [0.25, 0.3) is 0 Å². The zero-order valence-corrected chi connectivity index (χ0v) is 12.3. The monoisotopic (exact) mass is 272 g/mol. The Bertz CT molecular complexity index is 334. The highest BCUT2D eigenvalue weighted by atomic mass is 16.6. The summed E-state index contributed by atoms with van der Waals surface area (Å²) in [7, 11) is 1.34. The van der Waals surface area contributed by atoms with Gasteiger partial charge in [-0.15, -0.1) is 0 Å². The molecular weight excluding hydrogens is 248 g/mol. The van der Waals surface area contributed by atoms with Crippen LogP contribution in [0.25, 0.3) is 0 Å². The smallest absolute Gasteiger partial charge is 0.352 e. The maximum absolute atomic E-state index is 11.6. The summed E-state index contributed by atoms with van der Waals surface area (Å²) in [5, 5.41) is 10.7. The van der Waals surface area contributed by atoms with Crippen LogP contribution in [0, 0.1) is 5.41 Å². The lowest BCUT2D eigenvalue weighted by molar-refractivity contribution is -0.146. The van der Waals surface area contributed by atoms with E-state index in [0.29, 0.717) is 6.54 Å². The second-order valence-electron chi connectivity index (χ2n) is 5.37. The molecule has 0 saturated heterocycles. The van der Waals surface area contributed by atoms with Crippen molar-refractivity contribution >= 4 is 17.7 Å². The average molecular weight is 272 g/mol. The fourth-order valence-corrected chi connectivity index (χ4v) is 1.32. The SMILES string of the molecule is COC(=O)CCNC(C)CC(=N)C(=O)OC(C)(C)C. The molecule has 0 spiro atoms. The minimum absolute atomic E-state index is 0.0759. The van der Waals surface area contributed by atoms with Gasteiger partial charge in [0.15, 0.2) is 0 Å². The molecule has 0 aliphatic carbocycles. The van der Waals surface area contributed by atoms with Crippen LogP contribution >= 0.6 is 0 Å². The van der Waals surface area contributed by atoms with Gasteiger partial charge < -0.3 is 14.8 Å². The van der Waals surface area contributed by atoms with E-state index in [2.05, 4.69) is 10.1 Å². The Morgan fingerprint density at radius 2 is 1.89 bits per heavy atom. The molecule has 0 aromatic carbocycles. The molecule has 6 heteroatoms. The van der Waals surface area contributed by atoms with Crippen LogP contribution in [0.4, 0.5) is 0 Å². The lowest BCUT2D eigenvalue weighted by atomic mass is 10.1. The fourth-order valence-electron chi connectivity index (χ4n) is 1.32. The van der Waals surface area contributed by atoms with E-state index in [1.165, 1.54) is 7.11 Å². The van der Waals surface area contributed by atoms with Crippen molar-refractivity contribution in [3.8, 4) is 0 Å². The molecule has 0 fully saturated rings. The van der Waals surface area contributed by atoms with Crippen LogP contribution in [-0.4, -0.2) is 42.9 Å². The number of esters is 2. The highest BCUT2D eigenvalue weighted by Gasteiger charge is 2.21. The van der Waals surface area contributed by atoms with Gasteiger partial charge in [-0.2, -0.15) is 0 Å². The molecule has 0 heterocycles. The largest absolute Gasteiger partial charge is 0.469 e. The van der Waals surface area contributed by atoms with Crippen LogP contribution in [-0.2, 0) is 19.1 Å². The summed E-state index contributed by atoms with van der Waals surface area (Å²) in [5.41, 5.74) is -0.668. The molecule has 1 unspecified atom stereocenters. The summed E-state index contributed by atoms with van der Waals surface area (Å²) < 4.78 is 9.61. The highest BCUT2D eigenvalue weighted by Crippen LogP contribution is 2.08. The maximum atomic E-state index is 11.6. The van der Waals surface area contributed by atoms with Crippen molar-refractivity contribution in [1.82, 2.24) is 5.32 Å². The third-order valence-electron chi connectivity index (χ3n) is 2.21. The van der Waals surface area contributed by atoms with Crippen molar-refractivity contribution in [3.63, 3.8) is 0 Å². The molecular formula is C13H24N2O4. The Kier molecular flexibility index (Phi) is 7.29. The second-order valence-corrected chi connectivity index (χ2v) is 5.37. The van der Waals surface area contributed by atoms with Gasteiger partial charge in [0.2, 0.25) is 0 Å². The van der Waals surface area contributed by atoms with E-state index < -0.39 is 11.6 Å². The summed E-state index contributed by atoms with van der Waals surface area (Å²) in [6.45, 7) is 7.58. The van der Waals surface area contributed by atoms with E-state index in [1.807, 2.05) is 6.92 Å². The number of carbonyl (C=O) groups is 2. The van der Waals surface area contributed by atoms with Crippen LogP contribution < -0.4 is 5.32 Å². The molecule has 1 atom stereocenters. The number of hydrogen-bond donors (Lipinski definition) is 2. The molecule has 2 N–H and O–H groups in total. The van der Waals surface area contributed by atoms with Gasteiger partial charge in [-0.25, -0.2) is 4.79 Å². The Morgan fingerprint density at radius 3 is 2.37 bits per heavy atom. The standard InChI is InChI=1S/C13H24N2O4/c1-9(15-7-6-11(16)18-5)8-10(14)12(17)19-13(2,3)4/h9,14-15H,6-8H2,1-5H3. The van der Waals surface area contributed by atoms with Gasteiger partial charge in [-0.05, 0) is 27.7 Å². The molecule has 0 bridgehead atoms. The van der Waals surface area contributed by atoms with Gasteiger partial charge in [0, 0.05) is 19.0 Å². The van der Waals surface area contributed by atoms with Crippen LogP contribution in [0.5, 0.6) is 0 Å². The normalized spacial score (nSPS) is 12.7. The van der Waals surface area contributed by atoms with Crippen LogP contribution in [0.3, 0.4) is 0 Å². The van der Waals surface area contributed by atoms with Crippen LogP contribution in [0.15, 0.2) is 0 Å². The van der Waals surface area contributed by atoms with E-state index in [0.717, 1.165) is 0 Å². The lowest BCUT2D eigenvalue weighted by Gasteiger charge is -2.20. The van der Waals surface area contributed by atoms with Gasteiger partial charge in [-0.3, -0.25) is 10.2 Å². The van der Waals surface area contributed by atoms with E-state index in [9.17, 15) is 9.59 Å². The molecule has 0 aromatic rings. The van der Waals surface area contributed by atoms with Gasteiger partial charge >= 0.3 is 11.9 Å². The molecule has 0 rings (SSSR count). The summed E-state index contributed by atoms with van der Waals surface area (Å²) in [6.07, 6.45) is 0.525. The number of hydrogen-bond acceptors (Lipinski definition) is 6. The first-order valence-electron chi connectivity index (χ1n) is 6.26. The summed E-state index contributed by atoms with van der Waals surface area (Å²) in [6, 6.07) is -0.0790. The third-order valence-corrected chi connectivity index (χ3v) is 2.21. The lowest BCUT2D eigenvalue weighted by Crippen LogP contribution is -2.35. The molecule has 0 saturated carbocycles. The molecule has 0 aromatic heterocycles. The Morgan fingerprint density at radius 1 is 1.32 bits per heavy atom. The third kappa shape index (κ3) is 9.18. The van der Waals surface area contributed by atoms with Gasteiger partial charge in [0.1, 0.15) is 11.3 Å². The highest BCUT2D eigenvalue weighted by molar-refractivity contribution is 6.35. The topological polar surface area (TPSA) is 88.5 Å². The minimum Gasteiger partial charge on any atom is -0.469 e. The van der Waals surface area contributed by atoms with E-state index in [1.54, 1.807) is 20.8 Å². The average Bonchev–Trinajstić information content (AvgIpc) is 2.26. The Hall–Kier alpha value is -1.43. The molecule has 0 aliphatic rings. The Labute approximate surface area is 114 Å². The van der Waals surface area contributed by atoms with E-state index >= 15 is 0 Å². The second kappa shape index (κ2) is 7.89. The van der Waals surface area contributed by atoms with Crippen molar-refractivity contribution in [2.75, 3.05) is 13.7 Å². The van der Waals surface area contributed by atoms with Crippen molar-refractivity contribution in [2.24, 2.45) is 0 Å². The number of nitrogens with one attached hydrogen (secondary N) is 2. The number of ether oxygens (including phenoxy) is 2. The van der Waals surface area contributed by atoms with E-state index in [-0.39, 0.29) is 30.6 Å². The summed E-state index contributed by atoms with van der Waals surface area (Å²) >= 11 is 0. The number of methoxy groups -OCH3 is 1. The molecule has 0 radical (unpaired) electrons. The minimum atomic E-state index is -0.603. The summed E-state index contributed by atoms with van der Waals surface area (Å²) in [5.74, 6) is -0.893. The molecule has 6 nitrogen and oxygen atoms in total. The first kappa shape index (κ1) is 17.6. The van der Waals surface area contributed by atoms with Crippen LogP contribution in [0.2, 0.25) is 0 Å². The molecule has 0 amide bonds. The van der Waals surface area contributed by atoms with Crippen LogP contribution in [0.1, 0.15) is 40.5 Å². The predicted octanol–water partition coefficient (Wildman–Crippen LogP) is 1.28. The first-order valence-corrected chi connectivity index (χ1v) is 6.26. The van der Waals surface area contributed by atoms with Gasteiger partial charge in [-0.1, -0.05) is 0 Å². The number of rotatable bonds is 7. The Balaban J connectivity index is 3.99. The zero-order valence-electron chi connectivity index (χ0n) is 12.3. The quantitative estimate of drug-likeness (QED) is 0.538. The van der Waals surface area contributed by atoms with Crippen molar-refractivity contribution in [2.45, 2.75) is 52.2 Å². The molecule has 110 valence electrons. The molecule has 19 heavy (non-hydrogen) atoms. The van der Waals surface area contributed by atoms with Crippen molar-refractivity contribution < 1.29 is 19.1 Å². The maximum Gasteiger partial charge on any atom is 0.352 e. The summed E-state index contributed by atoms with van der Waals surface area (Å²) in [4.78, 5) is 22.5. The fraction of sp³-hybridized carbons (Fsp3) is 0.769. The first-order chi connectivity index (χ1) is 8.65. The number of carbonyl (C=O) groups excluding carboxylic acids is 2. The van der Waals surface area contributed by atoms with Crippen molar-refractivity contribution in [3.05, 3.63) is 0 Å². The van der Waals surface area contributed by atoms with Gasteiger partial charge in [0.05, 0.1) is 13.5 Å². The zero-order chi connectivity index (χ0) is 15.1. The van der Waals surface area contributed by atoms with E-state index in [4.69, 9.17) is 10.1 Å². The predicted molar refractivity (Wildman–Crippen MR) is 72.3 cm³/mol.